The van der Waals surface area contributed by atoms with E-state index in [4.69, 9.17) is 0 Å². The highest BCUT2D eigenvalue weighted by Gasteiger charge is 2.16. The number of aliphatic hydroxyl groups excluding tert-OH is 1. The van der Waals surface area contributed by atoms with Crippen LogP contribution in [0.3, 0.4) is 0 Å². The van der Waals surface area contributed by atoms with Crippen molar-refractivity contribution in [1.82, 2.24) is 4.98 Å². The van der Waals surface area contributed by atoms with Crippen LogP contribution in [0.2, 0.25) is 0 Å². The number of rotatable bonds is 6. The Bertz CT molecular complexity index is 360. The first-order chi connectivity index (χ1) is 8.40. The minimum Gasteiger partial charge on any atom is -0.391 e. The van der Waals surface area contributed by atoms with Crippen LogP contribution < -0.4 is 10.6 Å². The number of hydrogen-bond donors (Lipinski definition) is 3. The van der Waals surface area contributed by atoms with E-state index in [0.29, 0.717) is 6.54 Å². The Morgan fingerprint density at radius 3 is 2.67 bits per heavy atom. The molecule has 0 amide bonds. The topological polar surface area (TPSA) is 57.2 Å². The van der Waals surface area contributed by atoms with Crippen molar-refractivity contribution < 1.29 is 5.11 Å². The van der Waals surface area contributed by atoms with E-state index in [1.807, 2.05) is 19.1 Å². The summed E-state index contributed by atoms with van der Waals surface area (Å²) in [6.45, 7) is 9.84. The molecule has 1 atom stereocenters. The lowest BCUT2D eigenvalue weighted by molar-refractivity contribution is 0.132. The predicted molar refractivity (Wildman–Crippen MR) is 77.0 cm³/mol. The highest BCUT2D eigenvalue weighted by atomic mass is 16.3. The van der Waals surface area contributed by atoms with Crippen LogP contribution in [-0.2, 0) is 0 Å². The molecule has 0 fully saturated rings. The highest BCUT2D eigenvalue weighted by molar-refractivity contribution is 5.51. The highest BCUT2D eigenvalue weighted by Crippen LogP contribution is 2.21. The van der Waals surface area contributed by atoms with Gasteiger partial charge in [0.25, 0.3) is 0 Å². The van der Waals surface area contributed by atoms with Crippen LogP contribution in [0.5, 0.6) is 0 Å². The molecule has 0 aliphatic rings. The summed E-state index contributed by atoms with van der Waals surface area (Å²) in [6, 6.07) is 3.86. The molecule has 18 heavy (non-hydrogen) atoms. The molecule has 0 saturated carbocycles. The van der Waals surface area contributed by atoms with Gasteiger partial charge in [-0.15, -0.1) is 0 Å². The van der Waals surface area contributed by atoms with Gasteiger partial charge in [-0.2, -0.15) is 0 Å². The van der Waals surface area contributed by atoms with E-state index in [0.717, 1.165) is 24.5 Å². The smallest absolute Gasteiger partial charge is 0.127 e. The van der Waals surface area contributed by atoms with Gasteiger partial charge in [-0.1, -0.05) is 20.8 Å². The van der Waals surface area contributed by atoms with Crippen molar-refractivity contribution in [1.29, 1.82) is 0 Å². The second kappa shape index (κ2) is 6.59. The van der Waals surface area contributed by atoms with Crippen LogP contribution in [-0.4, -0.2) is 29.3 Å². The van der Waals surface area contributed by atoms with Gasteiger partial charge in [0.05, 0.1) is 6.10 Å². The summed E-state index contributed by atoms with van der Waals surface area (Å²) in [7, 11) is 0. The molecule has 4 nitrogen and oxygen atoms in total. The standard InChI is InChI=1S/C14H25N3O/c1-5-15-13-8-11(6-7-16-13)17-10-12(18)9-14(2,3)4/h6-8,12,18H,5,9-10H2,1-4H3,(H2,15,16,17). The molecule has 4 heteroatoms. The summed E-state index contributed by atoms with van der Waals surface area (Å²) < 4.78 is 0. The predicted octanol–water partition coefficient (Wildman–Crippen LogP) is 2.72. The Morgan fingerprint density at radius 1 is 1.33 bits per heavy atom. The first-order valence-electron chi connectivity index (χ1n) is 6.52. The van der Waals surface area contributed by atoms with Gasteiger partial charge in [-0.25, -0.2) is 4.98 Å². The molecule has 1 unspecified atom stereocenters. The van der Waals surface area contributed by atoms with E-state index in [9.17, 15) is 5.11 Å². The molecular formula is C14H25N3O. The molecular weight excluding hydrogens is 226 g/mol. The van der Waals surface area contributed by atoms with E-state index in [-0.39, 0.29) is 11.5 Å². The Hall–Kier alpha value is -1.29. The Labute approximate surface area is 110 Å². The molecule has 0 aliphatic heterocycles. The number of nitrogens with one attached hydrogen (secondary N) is 2. The summed E-state index contributed by atoms with van der Waals surface area (Å²) in [5.74, 6) is 0.854. The van der Waals surface area contributed by atoms with E-state index in [1.165, 1.54) is 0 Å². The molecule has 3 N–H and O–H groups in total. The van der Waals surface area contributed by atoms with Gasteiger partial charge in [0.2, 0.25) is 0 Å². The van der Waals surface area contributed by atoms with Crippen molar-refractivity contribution in [2.75, 3.05) is 23.7 Å². The number of pyridine rings is 1. The monoisotopic (exact) mass is 251 g/mol. The molecule has 0 radical (unpaired) electrons. The maximum atomic E-state index is 9.93. The van der Waals surface area contributed by atoms with E-state index < -0.39 is 0 Å². The zero-order chi connectivity index (χ0) is 13.6. The van der Waals surface area contributed by atoms with Crippen LogP contribution >= 0.6 is 0 Å². The molecule has 0 aliphatic carbocycles. The Morgan fingerprint density at radius 2 is 2.06 bits per heavy atom. The number of nitrogens with zero attached hydrogens (tertiary/aromatic N) is 1. The summed E-state index contributed by atoms with van der Waals surface area (Å²) in [4.78, 5) is 4.20. The average molecular weight is 251 g/mol. The van der Waals surface area contributed by atoms with Gasteiger partial charge in [0.15, 0.2) is 0 Å². The molecule has 1 heterocycles. The summed E-state index contributed by atoms with van der Waals surface area (Å²) in [6.07, 6.45) is 2.21. The molecule has 102 valence electrons. The first-order valence-corrected chi connectivity index (χ1v) is 6.52. The molecule has 1 aromatic rings. The number of aliphatic hydroxyl groups is 1. The van der Waals surface area contributed by atoms with Crippen molar-refractivity contribution in [3.63, 3.8) is 0 Å². The van der Waals surface area contributed by atoms with E-state index in [2.05, 4.69) is 36.4 Å². The van der Waals surface area contributed by atoms with Gasteiger partial charge < -0.3 is 15.7 Å². The Kier molecular flexibility index (Phi) is 5.41. The minimum absolute atomic E-state index is 0.147. The molecule has 0 bridgehead atoms. The third kappa shape index (κ3) is 5.87. The number of hydrogen-bond acceptors (Lipinski definition) is 4. The molecule has 0 aromatic carbocycles. The molecule has 1 aromatic heterocycles. The van der Waals surface area contributed by atoms with Crippen molar-refractivity contribution in [3.05, 3.63) is 18.3 Å². The van der Waals surface area contributed by atoms with Crippen molar-refractivity contribution in [3.8, 4) is 0 Å². The lowest BCUT2D eigenvalue weighted by Crippen LogP contribution is -2.25. The van der Waals surface area contributed by atoms with Gasteiger partial charge in [0, 0.05) is 31.0 Å². The van der Waals surface area contributed by atoms with Crippen LogP contribution in [0.4, 0.5) is 11.5 Å². The SMILES string of the molecule is CCNc1cc(NCC(O)CC(C)(C)C)ccn1. The quantitative estimate of drug-likeness (QED) is 0.727. The van der Waals surface area contributed by atoms with Gasteiger partial charge >= 0.3 is 0 Å². The summed E-state index contributed by atoms with van der Waals surface area (Å²) in [5, 5.41) is 16.3. The molecule has 0 spiro atoms. The lowest BCUT2D eigenvalue weighted by atomic mass is 9.89. The van der Waals surface area contributed by atoms with Crippen molar-refractivity contribution in [2.24, 2.45) is 5.41 Å². The average Bonchev–Trinajstić information content (AvgIpc) is 2.25. The van der Waals surface area contributed by atoms with Crippen molar-refractivity contribution in [2.45, 2.75) is 40.2 Å². The third-order valence-corrected chi connectivity index (χ3v) is 2.51. The fourth-order valence-corrected chi connectivity index (χ4v) is 1.83. The second-order valence-electron chi connectivity index (χ2n) is 5.76. The Balaban J connectivity index is 2.45. The maximum Gasteiger partial charge on any atom is 0.127 e. The van der Waals surface area contributed by atoms with Gasteiger partial charge in [-0.3, -0.25) is 0 Å². The second-order valence-corrected chi connectivity index (χ2v) is 5.76. The largest absolute Gasteiger partial charge is 0.391 e. The lowest BCUT2D eigenvalue weighted by Gasteiger charge is -2.22. The summed E-state index contributed by atoms with van der Waals surface area (Å²) >= 11 is 0. The maximum absolute atomic E-state index is 9.93. The fourth-order valence-electron chi connectivity index (χ4n) is 1.83. The molecule has 1 rings (SSSR count). The molecule has 0 saturated heterocycles. The fraction of sp³-hybridized carbons (Fsp3) is 0.643. The first kappa shape index (κ1) is 14.8. The normalized spacial score (nSPS) is 13.2. The van der Waals surface area contributed by atoms with Crippen LogP contribution in [0.15, 0.2) is 18.3 Å². The van der Waals surface area contributed by atoms with E-state index in [1.54, 1.807) is 6.20 Å². The number of anilines is 2. The number of aromatic nitrogens is 1. The van der Waals surface area contributed by atoms with Gasteiger partial charge in [0.1, 0.15) is 5.82 Å². The minimum atomic E-state index is -0.333. The third-order valence-electron chi connectivity index (χ3n) is 2.51. The summed E-state index contributed by atoms with van der Waals surface area (Å²) in [5.41, 5.74) is 1.13. The zero-order valence-electron chi connectivity index (χ0n) is 11.8. The van der Waals surface area contributed by atoms with Gasteiger partial charge in [-0.05, 0) is 24.8 Å². The van der Waals surface area contributed by atoms with Crippen LogP contribution in [0.25, 0.3) is 0 Å². The van der Waals surface area contributed by atoms with E-state index >= 15 is 0 Å². The van der Waals surface area contributed by atoms with Crippen molar-refractivity contribution >= 4 is 11.5 Å². The van der Waals surface area contributed by atoms with Crippen LogP contribution in [0, 0.1) is 5.41 Å². The van der Waals surface area contributed by atoms with Crippen LogP contribution in [0.1, 0.15) is 34.1 Å². The zero-order valence-corrected chi connectivity index (χ0v) is 11.8.